The molecule has 3 N–H and O–H groups in total. The number of nitrogen functional groups attached to an aromatic ring is 1. The fraction of sp³-hybridized carbons (Fsp3) is 0.462. The van der Waals surface area contributed by atoms with Crippen LogP contribution in [0, 0.1) is 0 Å². The minimum Gasteiger partial charge on any atom is -0.398 e. The molecule has 0 unspecified atom stereocenters. The molecule has 0 aromatic heterocycles. The lowest BCUT2D eigenvalue weighted by atomic mass is 10.1. The van der Waals surface area contributed by atoms with Gasteiger partial charge in [-0.05, 0) is 24.5 Å². The molecular formula is C13H18N2O2. The highest BCUT2D eigenvalue weighted by Crippen LogP contribution is 2.12. The first-order valence-electron chi connectivity index (χ1n) is 5.96. The van der Waals surface area contributed by atoms with Gasteiger partial charge in [0.2, 0.25) is 5.91 Å². The fourth-order valence-corrected chi connectivity index (χ4v) is 1.99. The van der Waals surface area contributed by atoms with Crippen molar-refractivity contribution in [3.63, 3.8) is 0 Å². The zero-order valence-electron chi connectivity index (χ0n) is 9.82. The molecule has 4 nitrogen and oxygen atoms in total. The van der Waals surface area contributed by atoms with Crippen LogP contribution in [-0.2, 0) is 16.0 Å². The fourth-order valence-electron chi connectivity index (χ4n) is 1.99. The summed E-state index contributed by atoms with van der Waals surface area (Å²) >= 11 is 0. The molecule has 1 aliphatic heterocycles. The lowest BCUT2D eigenvalue weighted by molar-refractivity contribution is -0.121. The summed E-state index contributed by atoms with van der Waals surface area (Å²) in [5.41, 5.74) is 7.36. The second-order valence-corrected chi connectivity index (χ2v) is 4.33. The van der Waals surface area contributed by atoms with Crippen molar-refractivity contribution in [3.05, 3.63) is 29.8 Å². The largest absolute Gasteiger partial charge is 0.398 e. The summed E-state index contributed by atoms with van der Waals surface area (Å²) in [5, 5.41) is 3.02. The van der Waals surface area contributed by atoms with E-state index in [1.807, 2.05) is 24.3 Å². The maximum Gasteiger partial charge on any atom is 0.224 e. The van der Waals surface area contributed by atoms with Crippen LogP contribution >= 0.6 is 0 Å². The summed E-state index contributed by atoms with van der Waals surface area (Å²) < 4.78 is 5.25. The zero-order chi connectivity index (χ0) is 12.1. The Labute approximate surface area is 101 Å². The van der Waals surface area contributed by atoms with Crippen molar-refractivity contribution in [2.24, 2.45) is 0 Å². The van der Waals surface area contributed by atoms with Crippen molar-refractivity contribution in [1.82, 2.24) is 5.32 Å². The molecule has 1 aromatic rings. The van der Waals surface area contributed by atoms with Crippen LogP contribution in [0.4, 0.5) is 5.69 Å². The number of nitrogens with two attached hydrogens (primary N) is 1. The zero-order valence-corrected chi connectivity index (χ0v) is 9.82. The van der Waals surface area contributed by atoms with Crippen molar-refractivity contribution < 1.29 is 9.53 Å². The van der Waals surface area contributed by atoms with Crippen LogP contribution in [0.5, 0.6) is 0 Å². The maximum absolute atomic E-state index is 11.8. The molecule has 1 heterocycles. The van der Waals surface area contributed by atoms with E-state index in [-0.39, 0.29) is 11.9 Å². The van der Waals surface area contributed by atoms with Crippen molar-refractivity contribution >= 4 is 11.6 Å². The van der Waals surface area contributed by atoms with E-state index in [0.717, 1.165) is 31.6 Å². The monoisotopic (exact) mass is 234 g/mol. The van der Waals surface area contributed by atoms with Crippen molar-refractivity contribution in [1.29, 1.82) is 0 Å². The lowest BCUT2D eigenvalue weighted by Gasteiger charge is -2.23. The van der Waals surface area contributed by atoms with E-state index in [2.05, 4.69) is 5.32 Å². The Kier molecular flexibility index (Phi) is 3.98. The van der Waals surface area contributed by atoms with Crippen molar-refractivity contribution in [2.45, 2.75) is 25.3 Å². The molecule has 0 radical (unpaired) electrons. The third-order valence-corrected chi connectivity index (χ3v) is 2.99. The Morgan fingerprint density at radius 3 is 2.76 bits per heavy atom. The molecule has 2 rings (SSSR count). The molecule has 17 heavy (non-hydrogen) atoms. The van der Waals surface area contributed by atoms with Crippen molar-refractivity contribution in [3.8, 4) is 0 Å². The van der Waals surface area contributed by atoms with Crippen LogP contribution in [0.25, 0.3) is 0 Å². The maximum atomic E-state index is 11.8. The van der Waals surface area contributed by atoms with E-state index in [4.69, 9.17) is 10.5 Å². The molecule has 0 saturated carbocycles. The Balaban J connectivity index is 1.86. The Morgan fingerprint density at radius 1 is 1.35 bits per heavy atom. The molecule has 4 heteroatoms. The highest BCUT2D eigenvalue weighted by atomic mass is 16.5. The molecular weight excluding hydrogens is 216 g/mol. The molecule has 92 valence electrons. The van der Waals surface area contributed by atoms with Gasteiger partial charge in [0.1, 0.15) is 0 Å². The number of hydrogen-bond acceptors (Lipinski definition) is 3. The first-order valence-corrected chi connectivity index (χ1v) is 5.96. The normalized spacial score (nSPS) is 16.7. The summed E-state index contributed by atoms with van der Waals surface area (Å²) in [6.45, 7) is 1.47. The van der Waals surface area contributed by atoms with Gasteiger partial charge in [-0.15, -0.1) is 0 Å². The van der Waals surface area contributed by atoms with E-state index < -0.39 is 0 Å². The predicted octanol–water partition coefficient (Wildman–Crippen LogP) is 1.11. The van der Waals surface area contributed by atoms with Gasteiger partial charge in [-0.3, -0.25) is 4.79 Å². The van der Waals surface area contributed by atoms with E-state index in [0.29, 0.717) is 12.1 Å². The van der Waals surface area contributed by atoms with Gasteiger partial charge in [0.15, 0.2) is 0 Å². The van der Waals surface area contributed by atoms with Gasteiger partial charge in [-0.1, -0.05) is 18.2 Å². The molecule has 1 fully saturated rings. The Bertz CT molecular complexity index is 387. The number of rotatable bonds is 3. The van der Waals surface area contributed by atoms with E-state index in [9.17, 15) is 4.79 Å². The smallest absolute Gasteiger partial charge is 0.224 e. The third kappa shape index (κ3) is 3.46. The summed E-state index contributed by atoms with van der Waals surface area (Å²) in [6, 6.07) is 7.72. The molecule has 1 amide bonds. The SMILES string of the molecule is Nc1ccccc1CC(=O)NC1CCOCC1. The topological polar surface area (TPSA) is 64.4 Å². The Morgan fingerprint density at radius 2 is 2.06 bits per heavy atom. The minimum atomic E-state index is 0.0369. The van der Waals surface area contributed by atoms with E-state index >= 15 is 0 Å². The van der Waals surface area contributed by atoms with Gasteiger partial charge >= 0.3 is 0 Å². The molecule has 1 aliphatic rings. The standard InChI is InChI=1S/C13H18N2O2/c14-12-4-2-1-3-10(12)9-13(16)15-11-5-7-17-8-6-11/h1-4,11H,5-9,14H2,(H,15,16). The molecule has 1 aromatic carbocycles. The molecule has 0 bridgehead atoms. The van der Waals surface area contributed by atoms with Gasteiger partial charge in [-0.2, -0.15) is 0 Å². The molecule has 1 saturated heterocycles. The number of benzene rings is 1. The number of nitrogens with one attached hydrogen (secondary N) is 1. The van der Waals surface area contributed by atoms with Gasteiger partial charge in [-0.25, -0.2) is 0 Å². The number of carbonyl (C=O) groups excluding carboxylic acids is 1. The Hall–Kier alpha value is -1.55. The second kappa shape index (κ2) is 5.68. The van der Waals surface area contributed by atoms with Crippen LogP contribution in [0.3, 0.4) is 0 Å². The van der Waals surface area contributed by atoms with Crippen LogP contribution in [0.1, 0.15) is 18.4 Å². The first kappa shape index (κ1) is 11.9. The highest BCUT2D eigenvalue weighted by molar-refractivity contribution is 5.80. The average Bonchev–Trinajstić information content (AvgIpc) is 2.33. The summed E-state index contributed by atoms with van der Waals surface area (Å²) in [6.07, 6.45) is 2.15. The number of anilines is 1. The summed E-state index contributed by atoms with van der Waals surface area (Å²) in [4.78, 5) is 11.8. The highest BCUT2D eigenvalue weighted by Gasteiger charge is 2.16. The van der Waals surface area contributed by atoms with Gasteiger partial charge < -0.3 is 15.8 Å². The quantitative estimate of drug-likeness (QED) is 0.770. The average molecular weight is 234 g/mol. The van der Waals surface area contributed by atoms with Gasteiger partial charge in [0.25, 0.3) is 0 Å². The number of hydrogen-bond donors (Lipinski definition) is 2. The predicted molar refractivity (Wildman–Crippen MR) is 66.5 cm³/mol. The molecule has 0 atom stereocenters. The van der Waals surface area contributed by atoms with Crippen molar-refractivity contribution in [2.75, 3.05) is 18.9 Å². The van der Waals surface area contributed by atoms with E-state index in [1.54, 1.807) is 0 Å². The van der Waals surface area contributed by atoms with Gasteiger partial charge in [0.05, 0.1) is 6.42 Å². The second-order valence-electron chi connectivity index (χ2n) is 4.33. The van der Waals surface area contributed by atoms with E-state index in [1.165, 1.54) is 0 Å². The molecule has 0 spiro atoms. The molecule has 0 aliphatic carbocycles. The lowest BCUT2D eigenvalue weighted by Crippen LogP contribution is -2.39. The summed E-state index contributed by atoms with van der Waals surface area (Å²) in [7, 11) is 0. The van der Waals surface area contributed by atoms with Crippen LogP contribution in [0.2, 0.25) is 0 Å². The van der Waals surface area contributed by atoms with Crippen LogP contribution < -0.4 is 11.1 Å². The number of carbonyl (C=O) groups is 1. The number of para-hydroxylation sites is 1. The van der Waals surface area contributed by atoms with Crippen LogP contribution in [-0.4, -0.2) is 25.2 Å². The number of ether oxygens (including phenoxy) is 1. The van der Waals surface area contributed by atoms with Crippen LogP contribution in [0.15, 0.2) is 24.3 Å². The minimum absolute atomic E-state index is 0.0369. The first-order chi connectivity index (χ1) is 8.25. The van der Waals surface area contributed by atoms with Gasteiger partial charge in [0, 0.05) is 24.9 Å². The third-order valence-electron chi connectivity index (χ3n) is 2.99. The summed E-state index contributed by atoms with van der Waals surface area (Å²) in [5.74, 6) is 0.0369. The number of amides is 1.